The Labute approximate surface area is 218 Å². The van der Waals surface area contributed by atoms with Gasteiger partial charge in [-0.2, -0.15) is 0 Å². The molecule has 5 rings (SSSR count). The molecule has 1 atom stereocenters. The van der Waals surface area contributed by atoms with Gasteiger partial charge in [0.25, 0.3) is 0 Å². The topological polar surface area (TPSA) is 93.2 Å². The normalized spacial score (nSPS) is 15.6. The number of ether oxygens (including phenoxy) is 3. The zero-order valence-corrected chi connectivity index (χ0v) is 21.4. The number of benzene rings is 3. The number of carbonyl (C=O) groups excluding carboxylic acids is 2. The molecule has 0 spiro atoms. The second-order valence-electron chi connectivity index (χ2n) is 8.34. The molecule has 1 aliphatic rings. The highest BCUT2D eigenvalue weighted by molar-refractivity contribution is 8.00. The van der Waals surface area contributed by atoms with Crippen LogP contribution in [0.1, 0.15) is 12.0 Å². The molecule has 1 unspecified atom stereocenters. The molecule has 2 heterocycles. The van der Waals surface area contributed by atoms with Gasteiger partial charge in [-0.25, -0.2) is 4.90 Å². The van der Waals surface area contributed by atoms with E-state index < -0.39 is 5.25 Å². The van der Waals surface area contributed by atoms with Gasteiger partial charge >= 0.3 is 0 Å². The Balaban J connectivity index is 1.27. The molecular formula is C28H25N3O5S. The van der Waals surface area contributed by atoms with Crippen LogP contribution in [0.15, 0.2) is 76.7 Å². The number of amides is 2. The first kappa shape index (κ1) is 24.5. The van der Waals surface area contributed by atoms with E-state index in [4.69, 9.17) is 14.2 Å². The molecule has 1 aromatic heterocycles. The summed E-state index contributed by atoms with van der Waals surface area (Å²) in [7, 11) is 4.69. The van der Waals surface area contributed by atoms with E-state index in [1.165, 1.54) is 16.7 Å². The molecule has 1 N–H and O–H groups in total. The zero-order valence-electron chi connectivity index (χ0n) is 20.6. The van der Waals surface area contributed by atoms with Gasteiger partial charge in [-0.15, -0.1) is 11.8 Å². The Morgan fingerprint density at radius 3 is 2.35 bits per heavy atom. The van der Waals surface area contributed by atoms with E-state index in [1.54, 1.807) is 33.6 Å². The number of nitrogens with zero attached hydrogens (tertiary/aromatic N) is 2. The van der Waals surface area contributed by atoms with Crippen molar-refractivity contribution in [2.75, 3.05) is 26.2 Å². The van der Waals surface area contributed by atoms with Crippen molar-refractivity contribution >= 4 is 52.1 Å². The van der Waals surface area contributed by atoms with Gasteiger partial charge in [0.05, 0.1) is 38.0 Å². The van der Waals surface area contributed by atoms with Gasteiger partial charge in [0.2, 0.25) is 17.6 Å². The standard InChI is InChI=1S/C28H25N3O5S/c1-34-23-12-17(13-24(35-2)27(23)36-3)16-30-19-5-8-21(9-6-19)37-25-15-26(32)31(28(25)33)20-7-4-18-10-11-29-22(18)14-20/h4-14,16,25,29H,15H2,1-3H3. The SMILES string of the molecule is COc1cc(C=Nc2ccc(SC3CC(=O)N(c4ccc5cc[nH]c5c4)C3=O)cc2)cc(OC)c1OC. The first-order valence-corrected chi connectivity index (χ1v) is 12.4. The lowest BCUT2D eigenvalue weighted by Crippen LogP contribution is -2.31. The number of aromatic amines is 1. The third-order valence-electron chi connectivity index (χ3n) is 6.07. The third kappa shape index (κ3) is 4.90. The third-order valence-corrected chi connectivity index (χ3v) is 7.26. The summed E-state index contributed by atoms with van der Waals surface area (Å²) in [6, 6.07) is 18.7. The van der Waals surface area contributed by atoms with Crippen molar-refractivity contribution < 1.29 is 23.8 Å². The van der Waals surface area contributed by atoms with E-state index >= 15 is 0 Å². The summed E-state index contributed by atoms with van der Waals surface area (Å²) < 4.78 is 16.1. The predicted octanol–water partition coefficient (Wildman–Crippen LogP) is 5.37. The summed E-state index contributed by atoms with van der Waals surface area (Å²) >= 11 is 1.39. The van der Waals surface area contributed by atoms with Gasteiger partial charge < -0.3 is 19.2 Å². The Kier molecular flexibility index (Phi) is 6.87. The number of carbonyl (C=O) groups is 2. The van der Waals surface area contributed by atoms with Crippen LogP contribution < -0.4 is 19.1 Å². The molecule has 37 heavy (non-hydrogen) atoms. The maximum Gasteiger partial charge on any atom is 0.247 e. The molecule has 1 saturated heterocycles. The molecule has 1 fully saturated rings. The molecule has 1 aliphatic heterocycles. The van der Waals surface area contributed by atoms with Crippen LogP contribution in [0.5, 0.6) is 17.2 Å². The van der Waals surface area contributed by atoms with Crippen molar-refractivity contribution in [3.8, 4) is 17.2 Å². The van der Waals surface area contributed by atoms with Gasteiger partial charge in [0, 0.05) is 34.8 Å². The van der Waals surface area contributed by atoms with Crippen LogP contribution >= 0.6 is 11.8 Å². The monoisotopic (exact) mass is 515 g/mol. The lowest BCUT2D eigenvalue weighted by molar-refractivity contribution is -0.121. The summed E-state index contributed by atoms with van der Waals surface area (Å²) in [6.45, 7) is 0. The van der Waals surface area contributed by atoms with Crippen LogP contribution in [-0.4, -0.2) is 49.6 Å². The highest BCUT2D eigenvalue weighted by Crippen LogP contribution is 2.38. The van der Waals surface area contributed by atoms with Crippen molar-refractivity contribution in [2.45, 2.75) is 16.6 Å². The highest BCUT2D eigenvalue weighted by atomic mass is 32.2. The van der Waals surface area contributed by atoms with Crippen molar-refractivity contribution in [3.05, 3.63) is 72.4 Å². The Bertz CT molecular complexity index is 1470. The Morgan fingerprint density at radius 1 is 0.946 bits per heavy atom. The van der Waals surface area contributed by atoms with Crippen LogP contribution in [0.2, 0.25) is 0 Å². The van der Waals surface area contributed by atoms with Crippen LogP contribution in [0, 0.1) is 0 Å². The molecule has 0 radical (unpaired) electrons. The van der Waals surface area contributed by atoms with Crippen LogP contribution in [0.25, 0.3) is 10.9 Å². The number of anilines is 1. The number of aromatic nitrogens is 1. The number of imide groups is 1. The number of nitrogens with one attached hydrogen (secondary N) is 1. The number of H-pyrrole nitrogens is 1. The average Bonchev–Trinajstić information content (AvgIpc) is 3.50. The summed E-state index contributed by atoms with van der Waals surface area (Å²) in [5.74, 6) is 1.22. The summed E-state index contributed by atoms with van der Waals surface area (Å²) in [5.41, 5.74) is 3.01. The number of rotatable bonds is 8. The molecule has 3 aromatic carbocycles. The molecule has 9 heteroatoms. The minimum atomic E-state index is -0.472. The lowest BCUT2D eigenvalue weighted by atomic mass is 10.2. The number of thioether (sulfide) groups is 1. The van der Waals surface area contributed by atoms with Crippen molar-refractivity contribution in [1.29, 1.82) is 0 Å². The first-order valence-electron chi connectivity index (χ1n) is 11.6. The fourth-order valence-corrected chi connectivity index (χ4v) is 5.30. The maximum atomic E-state index is 13.1. The summed E-state index contributed by atoms with van der Waals surface area (Å²) in [6.07, 6.45) is 3.71. The molecular weight excluding hydrogens is 490 g/mol. The number of aliphatic imine (C=N–C) groups is 1. The second-order valence-corrected chi connectivity index (χ2v) is 9.61. The predicted molar refractivity (Wildman–Crippen MR) is 145 cm³/mol. The smallest absolute Gasteiger partial charge is 0.247 e. The van der Waals surface area contributed by atoms with E-state index in [1.807, 2.05) is 60.8 Å². The fourth-order valence-electron chi connectivity index (χ4n) is 4.24. The van der Waals surface area contributed by atoms with Crippen LogP contribution in [-0.2, 0) is 9.59 Å². The molecule has 0 saturated carbocycles. The van der Waals surface area contributed by atoms with Gasteiger partial charge in [0.1, 0.15) is 0 Å². The maximum absolute atomic E-state index is 13.1. The zero-order chi connectivity index (χ0) is 25.9. The minimum Gasteiger partial charge on any atom is -0.493 e. The number of fused-ring (bicyclic) bond motifs is 1. The Morgan fingerprint density at radius 2 is 1.68 bits per heavy atom. The van der Waals surface area contributed by atoms with Crippen molar-refractivity contribution in [1.82, 2.24) is 4.98 Å². The number of hydrogen-bond acceptors (Lipinski definition) is 7. The van der Waals surface area contributed by atoms with E-state index in [2.05, 4.69) is 9.98 Å². The van der Waals surface area contributed by atoms with Gasteiger partial charge in [-0.1, -0.05) is 6.07 Å². The van der Waals surface area contributed by atoms with E-state index in [9.17, 15) is 9.59 Å². The molecule has 188 valence electrons. The minimum absolute atomic E-state index is 0.160. The molecule has 0 bridgehead atoms. The van der Waals surface area contributed by atoms with Gasteiger partial charge in [-0.3, -0.25) is 14.6 Å². The molecule has 8 nitrogen and oxygen atoms in total. The van der Waals surface area contributed by atoms with E-state index in [0.717, 1.165) is 27.0 Å². The quantitative estimate of drug-likeness (QED) is 0.251. The molecule has 4 aromatic rings. The van der Waals surface area contributed by atoms with Crippen molar-refractivity contribution in [2.24, 2.45) is 4.99 Å². The van der Waals surface area contributed by atoms with Crippen LogP contribution in [0.4, 0.5) is 11.4 Å². The highest BCUT2D eigenvalue weighted by Gasteiger charge is 2.40. The van der Waals surface area contributed by atoms with E-state index in [0.29, 0.717) is 22.9 Å². The van der Waals surface area contributed by atoms with Gasteiger partial charge in [0.15, 0.2) is 11.5 Å². The Hall–Kier alpha value is -4.24. The summed E-state index contributed by atoms with van der Waals surface area (Å²) in [5, 5.41) is 0.558. The number of hydrogen-bond donors (Lipinski definition) is 1. The van der Waals surface area contributed by atoms with Gasteiger partial charge in [-0.05, 0) is 60.0 Å². The van der Waals surface area contributed by atoms with E-state index in [-0.39, 0.29) is 18.2 Å². The fraction of sp³-hybridized carbons (Fsp3) is 0.179. The first-order chi connectivity index (χ1) is 18.0. The largest absolute Gasteiger partial charge is 0.493 e. The van der Waals surface area contributed by atoms with Crippen LogP contribution in [0.3, 0.4) is 0 Å². The molecule has 0 aliphatic carbocycles. The number of methoxy groups -OCH3 is 3. The molecule has 2 amide bonds. The van der Waals surface area contributed by atoms with Crippen molar-refractivity contribution in [3.63, 3.8) is 0 Å². The average molecular weight is 516 g/mol. The lowest BCUT2D eigenvalue weighted by Gasteiger charge is -2.15. The summed E-state index contributed by atoms with van der Waals surface area (Å²) in [4.78, 5) is 35.6. The second kappa shape index (κ2) is 10.4.